The van der Waals surface area contributed by atoms with Crippen LogP contribution in [-0.4, -0.2) is 11.7 Å². The Balaban J connectivity index is 2.22. The first-order valence-electron chi connectivity index (χ1n) is 5.91. The van der Waals surface area contributed by atoms with Gasteiger partial charge in [-0.1, -0.05) is 17.7 Å². The Bertz CT molecular complexity index is 382. The first-order chi connectivity index (χ1) is 7.39. The summed E-state index contributed by atoms with van der Waals surface area (Å²) in [5, 5.41) is 0. The standard InChI is InChI=1S/C14H20FN/c1-9-4-10(2)13(11(3)5-9)8-14(15)6-12(16)7-14/h4-5,12H,6-8,16H2,1-3H3. The molecule has 0 radical (unpaired) electrons. The molecule has 0 atom stereocenters. The van der Waals surface area contributed by atoms with Crippen molar-refractivity contribution in [3.05, 3.63) is 34.4 Å². The van der Waals surface area contributed by atoms with Crippen molar-refractivity contribution in [1.29, 1.82) is 0 Å². The van der Waals surface area contributed by atoms with Crippen LogP contribution in [0.3, 0.4) is 0 Å². The average Bonchev–Trinajstić information content (AvgIpc) is 2.09. The summed E-state index contributed by atoms with van der Waals surface area (Å²) in [5.74, 6) is 0. The van der Waals surface area contributed by atoms with Crippen LogP contribution in [-0.2, 0) is 6.42 Å². The van der Waals surface area contributed by atoms with Crippen molar-refractivity contribution in [3.8, 4) is 0 Å². The van der Waals surface area contributed by atoms with E-state index in [1.807, 2.05) is 0 Å². The molecule has 1 aromatic rings. The van der Waals surface area contributed by atoms with E-state index in [0.29, 0.717) is 19.3 Å². The first-order valence-corrected chi connectivity index (χ1v) is 5.91. The predicted octanol–water partition coefficient (Wildman–Crippen LogP) is 2.98. The number of aryl methyl sites for hydroxylation is 3. The van der Waals surface area contributed by atoms with Crippen LogP contribution in [0.2, 0.25) is 0 Å². The zero-order valence-electron chi connectivity index (χ0n) is 10.3. The summed E-state index contributed by atoms with van der Waals surface area (Å²) in [4.78, 5) is 0. The highest BCUT2D eigenvalue weighted by Crippen LogP contribution is 2.39. The maximum absolute atomic E-state index is 14.2. The second-order valence-corrected chi connectivity index (χ2v) is 5.37. The van der Waals surface area contributed by atoms with Gasteiger partial charge in [-0.15, -0.1) is 0 Å². The highest BCUT2D eigenvalue weighted by atomic mass is 19.1. The van der Waals surface area contributed by atoms with Crippen LogP contribution in [0.25, 0.3) is 0 Å². The molecule has 0 spiro atoms. The normalized spacial score (nSPS) is 28.9. The van der Waals surface area contributed by atoms with Gasteiger partial charge in [-0.25, -0.2) is 4.39 Å². The minimum atomic E-state index is -1.05. The number of alkyl halides is 1. The van der Waals surface area contributed by atoms with Gasteiger partial charge in [-0.3, -0.25) is 0 Å². The fraction of sp³-hybridized carbons (Fsp3) is 0.571. The lowest BCUT2D eigenvalue weighted by Crippen LogP contribution is -2.49. The second kappa shape index (κ2) is 3.85. The molecule has 0 unspecified atom stereocenters. The summed E-state index contributed by atoms with van der Waals surface area (Å²) in [6.45, 7) is 6.21. The topological polar surface area (TPSA) is 26.0 Å². The predicted molar refractivity (Wildman–Crippen MR) is 65.4 cm³/mol. The smallest absolute Gasteiger partial charge is 0.118 e. The van der Waals surface area contributed by atoms with E-state index in [1.54, 1.807) is 0 Å². The monoisotopic (exact) mass is 221 g/mol. The van der Waals surface area contributed by atoms with Crippen LogP contribution in [0, 0.1) is 20.8 Å². The lowest BCUT2D eigenvalue weighted by molar-refractivity contribution is 0.0441. The van der Waals surface area contributed by atoms with E-state index >= 15 is 0 Å². The summed E-state index contributed by atoms with van der Waals surface area (Å²) < 4.78 is 14.2. The summed E-state index contributed by atoms with van der Waals surface area (Å²) >= 11 is 0. The molecule has 0 aromatic heterocycles. The van der Waals surface area contributed by atoms with Crippen LogP contribution in [0.15, 0.2) is 12.1 Å². The zero-order valence-corrected chi connectivity index (χ0v) is 10.3. The number of hydrogen-bond acceptors (Lipinski definition) is 1. The van der Waals surface area contributed by atoms with E-state index in [1.165, 1.54) is 22.3 Å². The van der Waals surface area contributed by atoms with Gasteiger partial charge in [0.25, 0.3) is 0 Å². The fourth-order valence-corrected chi connectivity index (χ4v) is 2.83. The molecule has 1 aromatic carbocycles. The van der Waals surface area contributed by atoms with E-state index in [9.17, 15) is 4.39 Å². The van der Waals surface area contributed by atoms with Crippen LogP contribution < -0.4 is 5.73 Å². The van der Waals surface area contributed by atoms with Crippen molar-refractivity contribution in [2.45, 2.75) is 51.7 Å². The van der Waals surface area contributed by atoms with Gasteiger partial charge in [0.1, 0.15) is 5.67 Å². The third-order valence-electron chi connectivity index (χ3n) is 3.59. The van der Waals surface area contributed by atoms with Gasteiger partial charge in [0, 0.05) is 12.5 Å². The molecule has 88 valence electrons. The summed E-state index contributed by atoms with van der Waals surface area (Å²) in [7, 11) is 0. The van der Waals surface area contributed by atoms with Crippen molar-refractivity contribution in [2.75, 3.05) is 0 Å². The Kier molecular flexibility index (Phi) is 2.79. The molecule has 2 N–H and O–H groups in total. The largest absolute Gasteiger partial charge is 0.327 e. The minimum absolute atomic E-state index is 0.0658. The third kappa shape index (κ3) is 2.12. The number of benzene rings is 1. The molecule has 1 fully saturated rings. The van der Waals surface area contributed by atoms with E-state index in [4.69, 9.17) is 5.73 Å². The Hall–Kier alpha value is -0.890. The lowest BCUT2D eigenvalue weighted by atomic mass is 9.73. The summed E-state index contributed by atoms with van der Waals surface area (Å²) in [6.07, 6.45) is 1.55. The molecule has 2 heteroatoms. The molecule has 0 heterocycles. The highest BCUT2D eigenvalue weighted by molar-refractivity contribution is 5.38. The van der Waals surface area contributed by atoms with Crippen LogP contribution >= 0.6 is 0 Å². The second-order valence-electron chi connectivity index (χ2n) is 5.37. The lowest BCUT2D eigenvalue weighted by Gasteiger charge is -2.40. The molecule has 0 aliphatic heterocycles. The number of nitrogens with two attached hydrogens (primary N) is 1. The van der Waals surface area contributed by atoms with Crippen molar-refractivity contribution in [1.82, 2.24) is 0 Å². The van der Waals surface area contributed by atoms with Crippen molar-refractivity contribution < 1.29 is 4.39 Å². The number of hydrogen-bond donors (Lipinski definition) is 1. The average molecular weight is 221 g/mol. The van der Waals surface area contributed by atoms with Crippen LogP contribution in [0.1, 0.15) is 35.1 Å². The SMILES string of the molecule is Cc1cc(C)c(CC2(F)CC(N)C2)c(C)c1. The van der Waals surface area contributed by atoms with Gasteiger partial charge in [-0.2, -0.15) is 0 Å². The Morgan fingerprint density at radius 2 is 1.75 bits per heavy atom. The molecule has 0 bridgehead atoms. The number of rotatable bonds is 2. The Morgan fingerprint density at radius 1 is 1.25 bits per heavy atom. The molecular weight excluding hydrogens is 201 g/mol. The molecule has 0 amide bonds. The molecule has 1 aliphatic rings. The van der Waals surface area contributed by atoms with Crippen molar-refractivity contribution in [2.24, 2.45) is 5.73 Å². The third-order valence-corrected chi connectivity index (χ3v) is 3.59. The maximum atomic E-state index is 14.2. The Labute approximate surface area is 96.9 Å². The van der Waals surface area contributed by atoms with Crippen LogP contribution in [0.4, 0.5) is 4.39 Å². The van der Waals surface area contributed by atoms with Crippen molar-refractivity contribution >= 4 is 0 Å². The van der Waals surface area contributed by atoms with Gasteiger partial charge >= 0.3 is 0 Å². The van der Waals surface area contributed by atoms with Gasteiger partial charge in [0.2, 0.25) is 0 Å². The summed E-state index contributed by atoms with van der Waals surface area (Å²) in [5.41, 5.74) is 9.44. The van der Waals surface area contributed by atoms with E-state index in [-0.39, 0.29) is 6.04 Å². The maximum Gasteiger partial charge on any atom is 0.118 e. The van der Waals surface area contributed by atoms with E-state index < -0.39 is 5.67 Å². The van der Waals surface area contributed by atoms with Gasteiger partial charge in [0.05, 0.1) is 0 Å². The minimum Gasteiger partial charge on any atom is -0.327 e. The summed E-state index contributed by atoms with van der Waals surface area (Å²) in [6, 6.07) is 4.32. The Morgan fingerprint density at radius 3 is 2.19 bits per heavy atom. The molecule has 1 saturated carbocycles. The molecule has 1 aliphatic carbocycles. The van der Waals surface area contributed by atoms with Gasteiger partial charge < -0.3 is 5.73 Å². The number of halogens is 1. The van der Waals surface area contributed by atoms with E-state index in [0.717, 1.165) is 0 Å². The fourth-order valence-electron chi connectivity index (χ4n) is 2.83. The molecular formula is C14H20FN. The van der Waals surface area contributed by atoms with Crippen molar-refractivity contribution in [3.63, 3.8) is 0 Å². The van der Waals surface area contributed by atoms with Gasteiger partial charge in [0.15, 0.2) is 0 Å². The molecule has 16 heavy (non-hydrogen) atoms. The highest BCUT2D eigenvalue weighted by Gasteiger charge is 2.43. The molecule has 0 saturated heterocycles. The van der Waals surface area contributed by atoms with Gasteiger partial charge in [-0.05, 0) is 50.3 Å². The van der Waals surface area contributed by atoms with E-state index in [2.05, 4.69) is 32.9 Å². The molecule has 2 rings (SSSR count). The van der Waals surface area contributed by atoms with Crippen LogP contribution in [0.5, 0.6) is 0 Å². The quantitative estimate of drug-likeness (QED) is 0.816. The first kappa shape index (κ1) is 11.6. The zero-order chi connectivity index (χ0) is 11.9. The molecule has 1 nitrogen and oxygen atoms in total.